The van der Waals surface area contributed by atoms with Crippen molar-refractivity contribution in [2.24, 2.45) is 0 Å². The van der Waals surface area contributed by atoms with Crippen molar-refractivity contribution < 1.29 is 8.85 Å². The van der Waals surface area contributed by atoms with Crippen LogP contribution in [0.15, 0.2) is 146 Å². The number of hydrogen-bond acceptors (Lipinski definition) is 4. The van der Waals surface area contributed by atoms with Crippen molar-refractivity contribution in [2.75, 3.05) is 23.0 Å². The van der Waals surface area contributed by atoms with Gasteiger partial charge in [-0.05, 0) is 130 Å². The van der Waals surface area contributed by atoms with Gasteiger partial charge in [0.25, 0.3) is 0 Å². The molecule has 49 heavy (non-hydrogen) atoms. The van der Waals surface area contributed by atoms with Crippen molar-refractivity contribution in [1.82, 2.24) is 0 Å². The van der Waals surface area contributed by atoms with E-state index in [0.717, 1.165) is 50.4 Å². The topological polar surface area (TPSA) is 24.9 Å². The lowest BCUT2D eigenvalue weighted by molar-refractivity contribution is 0.202. The van der Waals surface area contributed by atoms with Crippen LogP contribution in [0.3, 0.4) is 0 Å². The molecule has 0 radical (unpaired) electrons. The second-order valence-corrected chi connectivity index (χ2v) is 15.7. The van der Waals surface area contributed by atoms with Gasteiger partial charge >= 0.3 is 8.56 Å². The molecule has 0 saturated carbocycles. The molecule has 0 fully saturated rings. The fraction of sp³-hybridized carbons (Fsp3) is 0.182. The van der Waals surface area contributed by atoms with Gasteiger partial charge in [-0.3, -0.25) is 0 Å². The van der Waals surface area contributed by atoms with Gasteiger partial charge in [0, 0.05) is 47.3 Å². The number of anilines is 6. The molecule has 0 heterocycles. The highest BCUT2D eigenvalue weighted by molar-refractivity contribution is 6.80. The second-order valence-electron chi connectivity index (χ2n) is 12.6. The molecule has 4 nitrogen and oxygen atoms in total. The highest BCUT2D eigenvalue weighted by Crippen LogP contribution is 2.39. The summed E-state index contributed by atoms with van der Waals surface area (Å²) in [5, 5.41) is 1.13. The Labute approximate surface area is 293 Å². The standard InChI is InChI=1S/C44H46N2O2Si/c1-7-47-49(6,48-8-2)44-29-27-41(28-30-44)46(40-25-19-35(5)20-26-40)43-14-10-12-37(32-43)36-11-9-13-42(31-36)45(38-21-15-33(3)16-22-38)39-23-17-34(4)18-24-39/h9-32H,7-8H2,1-6H3. The van der Waals surface area contributed by atoms with E-state index in [2.05, 4.69) is 183 Å². The van der Waals surface area contributed by atoms with E-state index in [0.29, 0.717) is 13.2 Å². The first-order chi connectivity index (χ1) is 23.8. The maximum atomic E-state index is 6.20. The van der Waals surface area contributed by atoms with E-state index in [-0.39, 0.29) is 0 Å². The Morgan fingerprint density at radius 1 is 0.429 bits per heavy atom. The lowest BCUT2D eigenvalue weighted by Gasteiger charge is -2.29. The smallest absolute Gasteiger partial charge is 0.369 e. The Bertz CT molecular complexity index is 1920. The van der Waals surface area contributed by atoms with Gasteiger partial charge in [-0.2, -0.15) is 0 Å². The molecule has 0 atom stereocenters. The zero-order valence-corrected chi connectivity index (χ0v) is 30.5. The van der Waals surface area contributed by atoms with E-state index in [1.54, 1.807) is 0 Å². The Morgan fingerprint density at radius 3 is 1.08 bits per heavy atom. The molecule has 6 aromatic rings. The maximum absolute atomic E-state index is 6.20. The normalized spacial score (nSPS) is 11.4. The van der Waals surface area contributed by atoms with Crippen LogP contribution >= 0.6 is 0 Å². The third-order valence-electron chi connectivity index (χ3n) is 8.91. The lowest BCUT2D eigenvalue weighted by Crippen LogP contribution is -2.51. The largest absolute Gasteiger partial charge is 0.391 e. The van der Waals surface area contributed by atoms with Crippen LogP contribution in [0.4, 0.5) is 34.1 Å². The van der Waals surface area contributed by atoms with Gasteiger partial charge in [-0.15, -0.1) is 0 Å². The molecule has 6 aromatic carbocycles. The van der Waals surface area contributed by atoms with E-state index in [1.807, 2.05) is 13.8 Å². The molecule has 0 aliphatic heterocycles. The quantitative estimate of drug-likeness (QED) is 0.122. The lowest BCUT2D eigenvalue weighted by atomic mass is 10.0. The average molecular weight is 663 g/mol. The van der Waals surface area contributed by atoms with Crippen LogP contribution in [0.2, 0.25) is 6.55 Å². The third kappa shape index (κ3) is 7.70. The molecular formula is C44H46N2O2Si. The van der Waals surface area contributed by atoms with Gasteiger partial charge in [-0.1, -0.05) is 89.5 Å². The average Bonchev–Trinajstić information content (AvgIpc) is 3.12. The SMILES string of the molecule is CCO[Si](C)(OCC)c1ccc(N(c2ccc(C)cc2)c2cccc(-c3cccc(N(c4ccc(C)cc4)c4ccc(C)cc4)c3)c2)cc1. The van der Waals surface area contributed by atoms with E-state index in [4.69, 9.17) is 8.85 Å². The Morgan fingerprint density at radius 2 is 0.755 bits per heavy atom. The maximum Gasteiger partial charge on any atom is 0.369 e. The van der Waals surface area contributed by atoms with Crippen molar-refractivity contribution in [1.29, 1.82) is 0 Å². The molecular weight excluding hydrogens is 617 g/mol. The monoisotopic (exact) mass is 662 g/mol. The summed E-state index contributed by atoms with van der Waals surface area (Å²) in [6, 6.07) is 52.6. The molecule has 6 rings (SSSR count). The summed E-state index contributed by atoms with van der Waals surface area (Å²) in [7, 11) is -2.49. The van der Waals surface area contributed by atoms with E-state index in [1.165, 1.54) is 16.7 Å². The van der Waals surface area contributed by atoms with Gasteiger partial charge in [0.1, 0.15) is 0 Å². The minimum atomic E-state index is -2.49. The number of benzene rings is 6. The Kier molecular flexibility index (Phi) is 10.4. The highest BCUT2D eigenvalue weighted by Gasteiger charge is 2.33. The van der Waals surface area contributed by atoms with Crippen molar-refractivity contribution in [3.05, 3.63) is 162 Å². The molecule has 0 aliphatic rings. The van der Waals surface area contributed by atoms with Crippen molar-refractivity contribution in [3.8, 4) is 11.1 Å². The molecule has 0 bridgehead atoms. The van der Waals surface area contributed by atoms with Crippen molar-refractivity contribution in [2.45, 2.75) is 41.2 Å². The van der Waals surface area contributed by atoms with Crippen LogP contribution in [0.1, 0.15) is 30.5 Å². The van der Waals surface area contributed by atoms with Crippen LogP contribution in [-0.4, -0.2) is 21.8 Å². The fourth-order valence-corrected chi connectivity index (χ4v) is 8.59. The second kappa shape index (κ2) is 15.1. The van der Waals surface area contributed by atoms with E-state index >= 15 is 0 Å². The molecule has 0 saturated heterocycles. The summed E-state index contributed by atoms with van der Waals surface area (Å²) in [6.45, 7) is 13.8. The molecule has 0 aromatic heterocycles. The Balaban J connectivity index is 1.41. The number of hydrogen-bond donors (Lipinski definition) is 0. The van der Waals surface area contributed by atoms with Crippen molar-refractivity contribution in [3.63, 3.8) is 0 Å². The van der Waals surface area contributed by atoms with Gasteiger partial charge in [0.2, 0.25) is 0 Å². The van der Waals surface area contributed by atoms with Crippen LogP contribution in [-0.2, 0) is 8.85 Å². The van der Waals surface area contributed by atoms with Crippen LogP contribution in [0.5, 0.6) is 0 Å². The first kappa shape index (κ1) is 33.9. The van der Waals surface area contributed by atoms with Gasteiger partial charge in [0.15, 0.2) is 0 Å². The molecule has 0 amide bonds. The zero-order chi connectivity index (χ0) is 34.4. The van der Waals surface area contributed by atoms with Crippen LogP contribution in [0.25, 0.3) is 11.1 Å². The Hall–Kier alpha value is -4.94. The molecule has 5 heteroatoms. The fourth-order valence-electron chi connectivity index (χ4n) is 6.30. The van der Waals surface area contributed by atoms with E-state index in [9.17, 15) is 0 Å². The molecule has 0 unspecified atom stereocenters. The molecule has 0 aliphatic carbocycles. The summed E-state index contributed by atoms with van der Waals surface area (Å²) >= 11 is 0. The number of aryl methyl sites for hydroxylation is 3. The van der Waals surface area contributed by atoms with E-state index < -0.39 is 8.56 Å². The predicted octanol–water partition coefficient (Wildman–Crippen LogP) is 11.6. The predicted molar refractivity (Wildman–Crippen MR) is 210 cm³/mol. The van der Waals surface area contributed by atoms with Gasteiger partial charge in [0.05, 0.1) is 0 Å². The summed E-state index contributed by atoms with van der Waals surface area (Å²) < 4.78 is 12.4. The van der Waals surface area contributed by atoms with Crippen LogP contribution in [0, 0.1) is 20.8 Å². The summed E-state index contributed by atoms with van der Waals surface area (Å²) in [4.78, 5) is 4.65. The third-order valence-corrected chi connectivity index (χ3v) is 12.0. The summed E-state index contributed by atoms with van der Waals surface area (Å²) in [6.07, 6.45) is 0. The zero-order valence-electron chi connectivity index (χ0n) is 29.5. The van der Waals surface area contributed by atoms with Gasteiger partial charge < -0.3 is 18.7 Å². The molecule has 248 valence electrons. The minimum absolute atomic E-state index is 0.627. The first-order valence-corrected chi connectivity index (χ1v) is 19.5. The van der Waals surface area contributed by atoms with Crippen LogP contribution < -0.4 is 15.0 Å². The minimum Gasteiger partial charge on any atom is -0.391 e. The highest BCUT2D eigenvalue weighted by atomic mass is 28.4. The summed E-state index contributed by atoms with van der Waals surface area (Å²) in [5.74, 6) is 0. The summed E-state index contributed by atoms with van der Waals surface area (Å²) in [5.41, 5.74) is 12.6. The van der Waals surface area contributed by atoms with Gasteiger partial charge in [-0.25, -0.2) is 0 Å². The number of nitrogens with zero attached hydrogens (tertiary/aromatic N) is 2. The first-order valence-electron chi connectivity index (χ1n) is 17.2. The number of rotatable bonds is 12. The van der Waals surface area contributed by atoms with Crippen molar-refractivity contribution >= 4 is 47.9 Å². The molecule has 0 N–H and O–H groups in total. The molecule has 0 spiro atoms.